The summed E-state index contributed by atoms with van der Waals surface area (Å²) >= 11 is 0. The molecule has 3 aromatic carbocycles. The van der Waals surface area contributed by atoms with Crippen molar-refractivity contribution in [3.8, 4) is 5.75 Å². The summed E-state index contributed by atoms with van der Waals surface area (Å²) in [5, 5.41) is 5.77. The number of nitrogens with one attached hydrogen (secondary N) is 2. The van der Waals surface area contributed by atoms with Crippen LogP contribution in [0.2, 0.25) is 0 Å². The lowest BCUT2D eigenvalue weighted by Gasteiger charge is -2.19. The average Bonchev–Trinajstić information content (AvgIpc) is 2.78. The van der Waals surface area contributed by atoms with Crippen LogP contribution in [0.4, 0.5) is 5.69 Å². The van der Waals surface area contributed by atoms with Gasteiger partial charge in [-0.3, -0.25) is 9.59 Å². The first-order valence-corrected chi connectivity index (χ1v) is 10.8. The highest BCUT2D eigenvalue weighted by molar-refractivity contribution is 6.04. The lowest BCUT2D eigenvalue weighted by atomic mass is 10.1. The van der Waals surface area contributed by atoms with Crippen LogP contribution in [0, 0.1) is 20.8 Å². The Morgan fingerprint density at radius 3 is 2.38 bits per heavy atom. The average molecular weight is 431 g/mol. The molecule has 3 aromatic rings. The van der Waals surface area contributed by atoms with Gasteiger partial charge in [-0.25, -0.2) is 0 Å². The Morgan fingerprint density at radius 2 is 1.62 bits per heavy atom. The molecule has 0 unspecified atom stereocenters. The van der Waals surface area contributed by atoms with Gasteiger partial charge in [-0.1, -0.05) is 48.5 Å². The molecule has 0 radical (unpaired) electrons. The van der Waals surface area contributed by atoms with Crippen LogP contribution in [0.15, 0.2) is 66.7 Å². The van der Waals surface area contributed by atoms with Crippen molar-refractivity contribution in [2.24, 2.45) is 0 Å². The first-order chi connectivity index (χ1) is 15.3. The minimum absolute atomic E-state index is 0.226. The zero-order valence-electron chi connectivity index (χ0n) is 19.1. The molecule has 0 aliphatic carbocycles. The number of amides is 2. The predicted molar refractivity (Wildman–Crippen MR) is 128 cm³/mol. The zero-order valence-corrected chi connectivity index (χ0v) is 19.1. The molecule has 5 nitrogen and oxygen atoms in total. The molecule has 0 spiro atoms. The molecule has 166 valence electrons. The van der Waals surface area contributed by atoms with Crippen LogP contribution >= 0.6 is 0 Å². The van der Waals surface area contributed by atoms with Gasteiger partial charge < -0.3 is 15.4 Å². The van der Waals surface area contributed by atoms with Crippen molar-refractivity contribution in [3.05, 3.63) is 94.5 Å². The maximum atomic E-state index is 12.8. The van der Waals surface area contributed by atoms with E-state index < -0.39 is 6.10 Å². The standard InChI is InChI=1S/C27H30N2O3/c1-18-16-19(2)20(3)25(17-18)32-21(4)26(30)29-24-13-9-8-12-23(24)27(31)28-15-14-22-10-6-5-7-11-22/h5-13,16-17,21H,14-15H2,1-4H3,(H,28,31)(H,29,30)/t21-/m0/s1. The molecule has 0 heterocycles. The number of hydrogen-bond donors (Lipinski definition) is 2. The lowest BCUT2D eigenvalue weighted by Crippen LogP contribution is -2.32. The molecule has 2 N–H and O–H groups in total. The molecule has 0 bridgehead atoms. The lowest BCUT2D eigenvalue weighted by molar-refractivity contribution is -0.122. The molecule has 0 fully saturated rings. The van der Waals surface area contributed by atoms with Crippen LogP contribution in [0.3, 0.4) is 0 Å². The third-order valence-corrected chi connectivity index (χ3v) is 5.41. The number of carbonyl (C=O) groups excluding carboxylic acids is 2. The Balaban J connectivity index is 1.63. The maximum Gasteiger partial charge on any atom is 0.265 e. The van der Waals surface area contributed by atoms with E-state index in [0.717, 1.165) is 28.7 Å². The molecule has 0 aliphatic rings. The van der Waals surface area contributed by atoms with E-state index in [1.165, 1.54) is 0 Å². The smallest absolute Gasteiger partial charge is 0.265 e. The van der Waals surface area contributed by atoms with Crippen molar-refractivity contribution in [1.29, 1.82) is 0 Å². The minimum atomic E-state index is -0.718. The van der Waals surface area contributed by atoms with Crippen LogP contribution in [0.25, 0.3) is 0 Å². The third-order valence-electron chi connectivity index (χ3n) is 5.41. The van der Waals surface area contributed by atoms with E-state index in [1.54, 1.807) is 31.2 Å². The molecule has 2 amide bonds. The maximum absolute atomic E-state index is 12.8. The number of aryl methyl sites for hydroxylation is 2. The summed E-state index contributed by atoms with van der Waals surface area (Å²) in [4.78, 5) is 25.5. The number of ether oxygens (including phenoxy) is 1. The van der Waals surface area contributed by atoms with E-state index in [4.69, 9.17) is 4.74 Å². The fourth-order valence-corrected chi connectivity index (χ4v) is 3.45. The molecule has 1 atom stereocenters. The molecule has 0 aromatic heterocycles. The van der Waals surface area contributed by atoms with Gasteiger partial charge >= 0.3 is 0 Å². The summed E-state index contributed by atoms with van der Waals surface area (Å²) in [6.07, 6.45) is 0.0189. The number of rotatable bonds is 8. The van der Waals surface area contributed by atoms with Gasteiger partial charge in [0.1, 0.15) is 5.75 Å². The van der Waals surface area contributed by atoms with Gasteiger partial charge in [0.2, 0.25) is 0 Å². The van der Waals surface area contributed by atoms with Crippen LogP contribution in [-0.4, -0.2) is 24.5 Å². The van der Waals surface area contributed by atoms with Crippen LogP contribution < -0.4 is 15.4 Å². The molecule has 0 saturated carbocycles. The number of hydrogen-bond acceptors (Lipinski definition) is 3. The monoisotopic (exact) mass is 430 g/mol. The topological polar surface area (TPSA) is 67.4 Å². The van der Waals surface area contributed by atoms with Crippen molar-refractivity contribution in [2.75, 3.05) is 11.9 Å². The Morgan fingerprint density at radius 1 is 0.938 bits per heavy atom. The number of benzene rings is 3. The van der Waals surface area contributed by atoms with Gasteiger partial charge in [0.15, 0.2) is 6.10 Å². The highest BCUT2D eigenvalue weighted by Gasteiger charge is 2.19. The predicted octanol–water partition coefficient (Wildman–Crippen LogP) is 4.99. The van der Waals surface area contributed by atoms with E-state index in [0.29, 0.717) is 23.5 Å². The molecular formula is C27H30N2O3. The summed E-state index contributed by atoms with van der Waals surface area (Å²) in [6.45, 7) is 8.21. The second kappa shape index (κ2) is 10.6. The first kappa shape index (κ1) is 23.1. The second-order valence-corrected chi connectivity index (χ2v) is 7.99. The Kier molecular flexibility index (Phi) is 7.66. The van der Waals surface area contributed by atoms with Gasteiger partial charge in [0.25, 0.3) is 11.8 Å². The second-order valence-electron chi connectivity index (χ2n) is 7.99. The molecule has 0 saturated heterocycles. The van der Waals surface area contributed by atoms with Gasteiger partial charge in [0, 0.05) is 6.54 Å². The Labute approximate surface area is 189 Å². The summed E-state index contributed by atoms with van der Waals surface area (Å²) in [5.74, 6) is 0.153. The molecule has 5 heteroatoms. The van der Waals surface area contributed by atoms with Crippen molar-refractivity contribution in [2.45, 2.75) is 40.2 Å². The summed E-state index contributed by atoms with van der Waals surface area (Å²) in [7, 11) is 0. The normalized spacial score (nSPS) is 11.5. The number of anilines is 1. The van der Waals surface area contributed by atoms with Gasteiger partial charge in [0.05, 0.1) is 11.3 Å². The largest absolute Gasteiger partial charge is 0.481 e. The zero-order chi connectivity index (χ0) is 23.1. The highest BCUT2D eigenvalue weighted by Crippen LogP contribution is 2.25. The van der Waals surface area contributed by atoms with Crippen LogP contribution in [-0.2, 0) is 11.2 Å². The fraction of sp³-hybridized carbons (Fsp3) is 0.259. The Hall–Kier alpha value is -3.60. The molecular weight excluding hydrogens is 400 g/mol. The van der Waals surface area contributed by atoms with Crippen molar-refractivity contribution >= 4 is 17.5 Å². The molecule has 32 heavy (non-hydrogen) atoms. The van der Waals surface area contributed by atoms with E-state index in [2.05, 4.69) is 16.7 Å². The van der Waals surface area contributed by atoms with Crippen LogP contribution in [0.5, 0.6) is 5.75 Å². The summed E-state index contributed by atoms with van der Waals surface area (Å²) in [5.41, 5.74) is 5.24. The van der Waals surface area contributed by atoms with E-state index in [9.17, 15) is 9.59 Å². The SMILES string of the molecule is Cc1cc(C)c(C)c(O[C@@H](C)C(=O)Nc2ccccc2C(=O)NCCc2ccccc2)c1. The van der Waals surface area contributed by atoms with Gasteiger partial charge in [-0.2, -0.15) is 0 Å². The number of carbonyl (C=O) groups is 2. The molecule has 0 aliphatic heterocycles. The van der Waals surface area contributed by atoms with Gasteiger partial charge in [-0.15, -0.1) is 0 Å². The van der Waals surface area contributed by atoms with Crippen molar-refractivity contribution in [1.82, 2.24) is 5.32 Å². The van der Waals surface area contributed by atoms with Crippen LogP contribution in [0.1, 0.15) is 39.5 Å². The van der Waals surface area contributed by atoms with E-state index in [-0.39, 0.29) is 11.8 Å². The fourth-order valence-electron chi connectivity index (χ4n) is 3.45. The quantitative estimate of drug-likeness (QED) is 0.529. The first-order valence-electron chi connectivity index (χ1n) is 10.8. The van der Waals surface area contributed by atoms with Gasteiger partial charge in [-0.05, 0) is 74.6 Å². The van der Waals surface area contributed by atoms with E-state index in [1.807, 2.05) is 57.2 Å². The third kappa shape index (κ3) is 5.97. The Bertz CT molecular complexity index is 1090. The van der Waals surface area contributed by atoms with Crippen molar-refractivity contribution in [3.63, 3.8) is 0 Å². The molecule has 3 rings (SSSR count). The minimum Gasteiger partial charge on any atom is -0.481 e. The number of para-hydroxylation sites is 1. The van der Waals surface area contributed by atoms with E-state index >= 15 is 0 Å². The summed E-state index contributed by atoms with van der Waals surface area (Å²) < 4.78 is 5.94. The highest BCUT2D eigenvalue weighted by atomic mass is 16.5. The van der Waals surface area contributed by atoms with Crippen molar-refractivity contribution < 1.29 is 14.3 Å². The summed E-state index contributed by atoms with van der Waals surface area (Å²) in [6, 6.07) is 21.0.